The highest BCUT2D eigenvalue weighted by Gasteiger charge is 2.20. The van der Waals surface area contributed by atoms with Crippen LogP contribution in [0, 0.1) is 0 Å². The average molecular weight is 276 g/mol. The van der Waals surface area contributed by atoms with Crippen molar-refractivity contribution >= 4 is 22.8 Å². The molecule has 2 N–H and O–H groups in total. The summed E-state index contributed by atoms with van der Waals surface area (Å²) in [5.74, 6) is 1.51. The molecule has 1 aliphatic heterocycles. The molecule has 0 bridgehead atoms. The van der Waals surface area contributed by atoms with Gasteiger partial charge in [-0.05, 0) is 19.8 Å². The molecule has 0 saturated carbocycles. The van der Waals surface area contributed by atoms with Crippen molar-refractivity contribution in [2.45, 2.75) is 25.9 Å². The predicted octanol–water partition coefficient (Wildman–Crippen LogP) is 1.40. The first kappa shape index (κ1) is 13.1. The molecule has 1 aliphatic rings. The van der Waals surface area contributed by atoms with Crippen molar-refractivity contribution in [2.75, 3.05) is 37.0 Å². The van der Waals surface area contributed by atoms with E-state index < -0.39 is 0 Å². The summed E-state index contributed by atoms with van der Waals surface area (Å²) in [6.45, 7) is 4.51. The Kier molecular flexibility index (Phi) is 3.68. The van der Waals surface area contributed by atoms with Gasteiger partial charge in [0.05, 0.1) is 17.7 Å². The number of hydrogen-bond donors (Lipinski definition) is 2. The van der Waals surface area contributed by atoms with Crippen molar-refractivity contribution in [3.05, 3.63) is 6.20 Å². The highest BCUT2D eigenvalue weighted by atomic mass is 16.5. The lowest BCUT2D eigenvalue weighted by Crippen LogP contribution is -2.29. The number of aromatic amines is 1. The molecule has 1 fully saturated rings. The van der Waals surface area contributed by atoms with Crippen LogP contribution in [0.3, 0.4) is 0 Å². The van der Waals surface area contributed by atoms with E-state index in [9.17, 15) is 0 Å². The average Bonchev–Trinajstić information content (AvgIpc) is 3.08. The summed E-state index contributed by atoms with van der Waals surface area (Å²) in [5.41, 5.74) is 0.755. The summed E-state index contributed by atoms with van der Waals surface area (Å²) >= 11 is 0. The first-order chi connectivity index (χ1) is 9.78. The van der Waals surface area contributed by atoms with Crippen LogP contribution in [0.1, 0.15) is 19.8 Å². The van der Waals surface area contributed by atoms with Gasteiger partial charge in [0.25, 0.3) is 0 Å². The molecule has 1 saturated heterocycles. The predicted molar refractivity (Wildman–Crippen MR) is 78.1 cm³/mol. The van der Waals surface area contributed by atoms with Crippen LogP contribution in [0.5, 0.6) is 0 Å². The third-order valence-electron chi connectivity index (χ3n) is 3.49. The van der Waals surface area contributed by atoms with Crippen LogP contribution in [0.2, 0.25) is 0 Å². The maximum atomic E-state index is 5.69. The highest BCUT2D eigenvalue weighted by Crippen LogP contribution is 2.24. The second-order valence-corrected chi connectivity index (χ2v) is 5.05. The number of hydrogen-bond acceptors (Lipinski definition) is 6. The summed E-state index contributed by atoms with van der Waals surface area (Å²) in [6.07, 6.45) is 4.32. The number of H-pyrrole nitrogens is 1. The lowest BCUT2D eigenvalue weighted by atomic mass is 10.2. The number of nitrogens with one attached hydrogen (secondary N) is 2. The molecule has 2 aromatic heterocycles. The van der Waals surface area contributed by atoms with Gasteiger partial charge in [0.2, 0.25) is 5.95 Å². The topological polar surface area (TPSA) is 79.0 Å². The molecule has 3 heterocycles. The van der Waals surface area contributed by atoms with Crippen molar-refractivity contribution in [3.63, 3.8) is 0 Å². The molecule has 0 spiro atoms. The first-order valence-electron chi connectivity index (χ1n) is 7.05. The standard InChI is InChI=1S/C13H20N6O/c1-3-14-13-16-11-10(7-15-18-11)12(17-13)19(2)8-9-5-4-6-20-9/h7,9H,3-6,8H2,1-2H3,(H2,14,15,16,17,18). The van der Waals surface area contributed by atoms with Crippen molar-refractivity contribution in [1.29, 1.82) is 0 Å². The third kappa shape index (κ3) is 2.53. The van der Waals surface area contributed by atoms with E-state index in [0.717, 1.165) is 49.4 Å². The van der Waals surface area contributed by atoms with Gasteiger partial charge in [-0.25, -0.2) is 0 Å². The van der Waals surface area contributed by atoms with Gasteiger partial charge in [-0.1, -0.05) is 0 Å². The first-order valence-corrected chi connectivity index (χ1v) is 7.05. The monoisotopic (exact) mass is 276 g/mol. The fraction of sp³-hybridized carbons (Fsp3) is 0.615. The fourth-order valence-corrected chi connectivity index (χ4v) is 2.53. The summed E-state index contributed by atoms with van der Waals surface area (Å²) in [4.78, 5) is 11.1. The number of aromatic nitrogens is 4. The SMILES string of the molecule is CCNc1nc(N(C)CC2CCCO2)c2cn[nH]c2n1. The van der Waals surface area contributed by atoms with Gasteiger partial charge in [-0.2, -0.15) is 15.1 Å². The molecule has 0 aliphatic carbocycles. The molecular weight excluding hydrogens is 256 g/mol. The lowest BCUT2D eigenvalue weighted by molar-refractivity contribution is 0.116. The molecule has 7 heteroatoms. The van der Waals surface area contributed by atoms with E-state index in [-0.39, 0.29) is 0 Å². The smallest absolute Gasteiger partial charge is 0.226 e. The number of fused-ring (bicyclic) bond motifs is 1. The van der Waals surface area contributed by atoms with Crippen LogP contribution < -0.4 is 10.2 Å². The molecule has 0 aromatic carbocycles. The molecule has 20 heavy (non-hydrogen) atoms. The van der Waals surface area contributed by atoms with E-state index in [1.807, 2.05) is 14.0 Å². The van der Waals surface area contributed by atoms with Crippen molar-refractivity contribution < 1.29 is 4.74 Å². The molecular formula is C13H20N6O. The van der Waals surface area contributed by atoms with Crippen LogP contribution in [0.15, 0.2) is 6.20 Å². The second-order valence-electron chi connectivity index (χ2n) is 5.05. The van der Waals surface area contributed by atoms with Gasteiger partial charge in [0.1, 0.15) is 5.82 Å². The summed E-state index contributed by atoms with van der Waals surface area (Å²) in [5, 5.41) is 11.1. The van der Waals surface area contributed by atoms with Gasteiger partial charge >= 0.3 is 0 Å². The Morgan fingerprint density at radius 2 is 2.40 bits per heavy atom. The minimum absolute atomic E-state index is 0.291. The molecule has 3 rings (SSSR count). The van der Waals surface area contributed by atoms with E-state index in [2.05, 4.69) is 30.4 Å². The van der Waals surface area contributed by atoms with Crippen LogP contribution in [-0.2, 0) is 4.74 Å². The zero-order valence-electron chi connectivity index (χ0n) is 11.9. The van der Waals surface area contributed by atoms with Gasteiger partial charge < -0.3 is 15.0 Å². The van der Waals surface area contributed by atoms with Crippen molar-refractivity contribution in [2.24, 2.45) is 0 Å². The minimum atomic E-state index is 0.291. The molecule has 2 aromatic rings. The summed E-state index contributed by atoms with van der Waals surface area (Å²) in [7, 11) is 2.03. The Balaban J connectivity index is 1.89. The number of rotatable bonds is 5. The van der Waals surface area contributed by atoms with Crippen molar-refractivity contribution in [1.82, 2.24) is 20.2 Å². The Hall–Kier alpha value is -1.89. The molecule has 0 amide bonds. The van der Waals surface area contributed by atoms with Gasteiger partial charge in [0.15, 0.2) is 5.65 Å². The number of ether oxygens (including phenoxy) is 1. The second kappa shape index (κ2) is 5.62. The molecule has 1 unspecified atom stereocenters. The van der Waals surface area contributed by atoms with Crippen molar-refractivity contribution in [3.8, 4) is 0 Å². The molecule has 0 radical (unpaired) electrons. The largest absolute Gasteiger partial charge is 0.376 e. The minimum Gasteiger partial charge on any atom is -0.376 e. The summed E-state index contributed by atoms with van der Waals surface area (Å²) < 4.78 is 5.69. The van der Waals surface area contributed by atoms with E-state index >= 15 is 0 Å². The van der Waals surface area contributed by atoms with Gasteiger partial charge in [-0.3, -0.25) is 5.10 Å². The Labute approximate surface area is 117 Å². The van der Waals surface area contributed by atoms with E-state index in [1.165, 1.54) is 0 Å². The van der Waals surface area contributed by atoms with E-state index in [1.54, 1.807) is 6.20 Å². The van der Waals surface area contributed by atoms with Crippen LogP contribution >= 0.6 is 0 Å². The Morgan fingerprint density at radius 3 is 3.15 bits per heavy atom. The quantitative estimate of drug-likeness (QED) is 0.859. The normalized spacial score (nSPS) is 18.6. The lowest BCUT2D eigenvalue weighted by Gasteiger charge is -2.22. The zero-order chi connectivity index (χ0) is 13.9. The molecule has 1 atom stereocenters. The fourth-order valence-electron chi connectivity index (χ4n) is 2.53. The number of anilines is 2. The maximum absolute atomic E-state index is 5.69. The molecule has 7 nitrogen and oxygen atoms in total. The van der Waals surface area contributed by atoms with Crippen LogP contribution in [0.25, 0.3) is 11.0 Å². The Morgan fingerprint density at radius 1 is 1.50 bits per heavy atom. The van der Waals surface area contributed by atoms with Crippen LogP contribution in [0.4, 0.5) is 11.8 Å². The third-order valence-corrected chi connectivity index (χ3v) is 3.49. The van der Waals surface area contributed by atoms with E-state index in [0.29, 0.717) is 12.1 Å². The van der Waals surface area contributed by atoms with E-state index in [4.69, 9.17) is 4.74 Å². The zero-order valence-corrected chi connectivity index (χ0v) is 11.9. The van der Waals surface area contributed by atoms with Crippen LogP contribution in [-0.4, -0.2) is 53.0 Å². The molecule has 108 valence electrons. The summed E-state index contributed by atoms with van der Waals surface area (Å²) in [6, 6.07) is 0. The number of likely N-dealkylation sites (N-methyl/N-ethyl adjacent to an activating group) is 1. The van der Waals surface area contributed by atoms with Gasteiger partial charge in [0, 0.05) is 26.7 Å². The highest BCUT2D eigenvalue weighted by molar-refractivity contribution is 5.87. The van der Waals surface area contributed by atoms with Gasteiger partial charge in [-0.15, -0.1) is 0 Å². The Bertz CT molecular complexity index is 577. The maximum Gasteiger partial charge on any atom is 0.226 e. The number of nitrogens with zero attached hydrogens (tertiary/aromatic N) is 4.